The Kier molecular flexibility index (Phi) is 5.22. The maximum absolute atomic E-state index is 3.66. The van der Waals surface area contributed by atoms with Crippen LogP contribution in [0.4, 0.5) is 0 Å². The highest BCUT2D eigenvalue weighted by Gasteiger charge is 2.20. The Morgan fingerprint density at radius 1 is 1.39 bits per heavy atom. The van der Waals surface area contributed by atoms with Crippen LogP contribution in [0.5, 0.6) is 0 Å². The van der Waals surface area contributed by atoms with Gasteiger partial charge in [-0.3, -0.25) is 4.90 Å². The summed E-state index contributed by atoms with van der Waals surface area (Å²) in [5.74, 6) is 0.699. The molecule has 0 aromatic heterocycles. The second-order valence-corrected chi connectivity index (χ2v) is 6.34. The van der Waals surface area contributed by atoms with Gasteiger partial charge in [0.25, 0.3) is 0 Å². The van der Waals surface area contributed by atoms with Crippen LogP contribution >= 0.6 is 15.9 Å². The maximum atomic E-state index is 3.66. The molecule has 1 unspecified atom stereocenters. The van der Waals surface area contributed by atoms with Gasteiger partial charge in [0.05, 0.1) is 0 Å². The first-order valence-corrected chi connectivity index (χ1v) is 7.65. The van der Waals surface area contributed by atoms with E-state index in [4.69, 9.17) is 0 Å². The average Bonchev–Trinajstić information content (AvgIpc) is 2.58. The van der Waals surface area contributed by atoms with Crippen molar-refractivity contribution in [2.24, 2.45) is 5.92 Å². The van der Waals surface area contributed by atoms with Crippen LogP contribution in [0.1, 0.15) is 25.8 Å². The summed E-state index contributed by atoms with van der Waals surface area (Å²) in [4.78, 5) is 2.57. The molecule has 0 radical (unpaired) electrons. The molecule has 100 valence electrons. The summed E-state index contributed by atoms with van der Waals surface area (Å²) in [5, 5.41) is 3.66. The average molecular weight is 311 g/mol. The lowest BCUT2D eigenvalue weighted by atomic mass is 10.0. The van der Waals surface area contributed by atoms with Crippen LogP contribution in [0.3, 0.4) is 0 Å². The molecule has 1 N–H and O–H groups in total. The summed E-state index contributed by atoms with van der Waals surface area (Å²) >= 11 is 3.64. The lowest BCUT2D eigenvalue weighted by Crippen LogP contribution is -2.41. The number of nitrogens with zero attached hydrogens (tertiary/aromatic N) is 1. The molecule has 1 saturated heterocycles. The highest BCUT2D eigenvalue weighted by molar-refractivity contribution is 9.10. The molecule has 18 heavy (non-hydrogen) atoms. The van der Waals surface area contributed by atoms with E-state index in [9.17, 15) is 0 Å². The Balaban J connectivity index is 2.01. The zero-order valence-electron chi connectivity index (χ0n) is 11.3. The number of hydrogen-bond acceptors (Lipinski definition) is 2. The van der Waals surface area contributed by atoms with Crippen molar-refractivity contribution in [3.63, 3.8) is 0 Å². The lowest BCUT2D eigenvalue weighted by molar-refractivity contribution is 0.238. The predicted octanol–water partition coefficient (Wildman–Crippen LogP) is 3.27. The summed E-state index contributed by atoms with van der Waals surface area (Å²) in [6, 6.07) is 9.16. The zero-order chi connectivity index (χ0) is 13.0. The molecule has 1 heterocycles. The van der Waals surface area contributed by atoms with Gasteiger partial charge in [-0.1, -0.05) is 48.0 Å². The highest BCUT2D eigenvalue weighted by Crippen LogP contribution is 2.19. The molecule has 2 rings (SSSR count). The smallest absolute Gasteiger partial charge is 0.0245 e. The van der Waals surface area contributed by atoms with Crippen molar-refractivity contribution in [2.75, 3.05) is 19.6 Å². The highest BCUT2D eigenvalue weighted by atomic mass is 79.9. The van der Waals surface area contributed by atoms with Crippen LogP contribution in [0.2, 0.25) is 0 Å². The molecule has 0 saturated carbocycles. The van der Waals surface area contributed by atoms with E-state index in [-0.39, 0.29) is 0 Å². The van der Waals surface area contributed by atoms with E-state index >= 15 is 0 Å². The largest absolute Gasteiger partial charge is 0.312 e. The third-order valence-corrected chi connectivity index (χ3v) is 4.44. The lowest BCUT2D eigenvalue weighted by Gasteiger charge is -2.27. The van der Waals surface area contributed by atoms with Crippen molar-refractivity contribution in [1.29, 1.82) is 0 Å². The van der Waals surface area contributed by atoms with Gasteiger partial charge in [-0.05, 0) is 37.1 Å². The minimum Gasteiger partial charge on any atom is -0.312 e. The van der Waals surface area contributed by atoms with Crippen LogP contribution < -0.4 is 5.32 Å². The molecule has 1 atom stereocenters. The van der Waals surface area contributed by atoms with Gasteiger partial charge in [0, 0.05) is 23.6 Å². The van der Waals surface area contributed by atoms with Gasteiger partial charge in [-0.25, -0.2) is 0 Å². The second-order valence-electron chi connectivity index (χ2n) is 5.48. The van der Waals surface area contributed by atoms with Gasteiger partial charge < -0.3 is 5.32 Å². The molecule has 1 aliphatic rings. The minimum absolute atomic E-state index is 0.620. The van der Waals surface area contributed by atoms with Gasteiger partial charge in [0.2, 0.25) is 0 Å². The van der Waals surface area contributed by atoms with Crippen molar-refractivity contribution >= 4 is 15.9 Å². The Morgan fingerprint density at radius 3 is 2.89 bits per heavy atom. The predicted molar refractivity (Wildman–Crippen MR) is 80.7 cm³/mol. The minimum atomic E-state index is 0.620. The van der Waals surface area contributed by atoms with E-state index in [2.05, 4.69) is 64.3 Å². The van der Waals surface area contributed by atoms with Crippen molar-refractivity contribution in [3.8, 4) is 0 Å². The van der Waals surface area contributed by atoms with Gasteiger partial charge in [-0.15, -0.1) is 0 Å². The summed E-state index contributed by atoms with van der Waals surface area (Å²) in [6.07, 6.45) is 1.24. The first kappa shape index (κ1) is 14.0. The molecule has 1 aromatic rings. The fourth-order valence-electron chi connectivity index (χ4n) is 2.48. The monoisotopic (exact) mass is 310 g/mol. The molecule has 0 aliphatic carbocycles. The van der Waals surface area contributed by atoms with Gasteiger partial charge in [-0.2, -0.15) is 0 Å². The summed E-state index contributed by atoms with van der Waals surface area (Å²) in [5.41, 5.74) is 1.39. The molecular weight excluding hydrogens is 288 g/mol. The van der Waals surface area contributed by atoms with E-state index in [1.807, 2.05) is 0 Å². The molecular formula is C15H23BrN2. The molecule has 1 aliphatic heterocycles. The Morgan fingerprint density at radius 2 is 2.17 bits per heavy atom. The summed E-state index contributed by atoms with van der Waals surface area (Å²) in [7, 11) is 0. The molecule has 3 heteroatoms. The third-order valence-electron chi connectivity index (χ3n) is 3.67. The molecule has 2 nitrogen and oxygen atoms in total. The van der Waals surface area contributed by atoms with Crippen molar-refractivity contribution in [1.82, 2.24) is 10.2 Å². The van der Waals surface area contributed by atoms with Gasteiger partial charge in [0.1, 0.15) is 0 Å². The number of hydrogen-bond donors (Lipinski definition) is 1. The first-order valence-electron chi connectivity index (χ1n) is 6.86. The normalized spacial score (nSPS) is 22.1. The number of rotatable bonds is 3. The Hall–Kier alpha value is -0.380. The topological polar surface area (TPSA) is 15.3 Å². The van der Waals surface area contributed by atoms with E-state index in [0.717, 1.165) is 19.6 Å². The van der Waals surface area contributed by atoms with Crippen molar-refractivity contribution < 1.29 is 0 Å². The summed E-state index contributed by atoms with van der Waals surface area (Å²) < 4.78 is 1.23. The quantitative estimate of drug-likeness (QED) is 0.922. The Labute approximate surface area is 119 Å². The van der Waals surface area contributed by atoms with E-state index in [0.29, 0.717) is 12.0 Å². The van der Waals surface area contributed by atoms with Crippen LogP contribution in [0.15, 0.2) is 28.7 Å². The third kappa shape index (κ3) is 3.81. The summed E-state index contributed by atoms with van der Waals surface area (Å²) in [6.45, 7) is 9.15. The van der Waals surface area contributed by atoms with Crippen LogP contribution in [0.25, 0.3) is 0 Å². The Bertz CT molecular complexity index is 379. The van der Waals surface area contributed by atoms with E-state index in [1.54, 1.807) is 0 Å². The van der Waals surface area contributed by atoms with Gasteiger partial charge >= 0.3 is 0 Å². The SMILES string of the molecule is CC(C)C1CN(Cc2ccccc2Br)CCCN1. The standard InChI is InChI=1S/C15H23BrN2/c1-12(2)15-11-18(9-5-8-17-15)10-13-6-3-4-7-14(13)16/h3-4,6-7,12,15,17H,5,8-11H2,1-2H3. The molecule has 1 fully saturated rings. The van der Waals surface area contributed by atoms with Crippen LogP contribution in [-0.2, 0) is 6.54 Å². The van der Waals surface area contributed by atoms with Crippen molar-refractivity contribution in [3.05, 3.63) is 34.3 Å². The first-order chi connectivity index (χ1) is 8.66. The van der Waals surface area contributed by atoms with Crippen LogP contribution in [0, 0.1) is 5.92 Å². The number of halogens is 1. The zero-order valence-corrected chi connectivity index (χ0v) is 12.9. The second kappa shape index (κ2) is 6.69. The fourth-order valence-corrected chi connectivity index (χ4v) is 2.89. The van der Waals surface area contributed by atoms with Crippen molar-refractivity contribution in [2.45, 2.75) is 32.9 Å². The molecule has 0 amide bonds. The van der Waals surface area contributed by atoms with E-state index in [1.165, 1.54) is 23.0 Å². The number of benzene rings is 1. The molecule has 0 spiro atoms. The van der Waals surface area contributed by atoms with Gasteiger partial charge in [0.15, 0.2) is 0 Å². The number of nitrogens with one attached hydrogen (secondary N) is 1. The van der Waals surface area contributed by atoms with Crippen LogP contribution in [-0.4, -0.2) is 30.6 Å². The molecule has 1 aromatic carbocycles. The van der Waals surface area contributed by atoms with E-state index < -0.39 is 0 Å². The fraction of sp³-hybridized carbons (Fsp3) is 0.600. The maximum Gasteiger partial charge on any atom is 0.0245 e. The molecule has 0 bridgehead atoms.